The van der Waals surface area contributed by atoms with Gasteiger partial charge in [0.2, 0.25) is 0 Å². The van der Waals surface area contributed by atoms with Crippen molar-refractivity contribution in [1.82, 2.24) is 9.48 Å². The third-order valence-corrected chi connectivity index (χ3v) is 12.5. The zero-order chi connectivity index (χ0) is 32.4. The molecule has 0 aliphatic heterocycles. The molecule has 43 heavy (non-hydrogen) atoms. The van der Waals surface area contributed by atoms with Gasteiger partial charge in [-0.05, 0) is 103 Å². The molecule has 0 heterocycles. The number of aryl methyl sites for hydroxylation is 6. The monoisotopic (exact) mass is 598 g/mol. The maximum atomic E-state index is 16.9. The molecule has 0 aliphatic rings. The molecule has 0 aliphatic carbocycles. The molecular formula is C38H56BN2OP. The molecule has 0 saturated heterocycles. The summed E-state index contributed by atoms with van der Waals surface area (Å²) in [4.78, 5) is 2.59. The summed E-state index contributed by atoms with van der Waals surface area (Å²) in [5.74, 6) is 0. The molecule has 0 aromatic heterocycles. The van der Waals surface area contributed by atoms with Crippen LogP contribution in [0.15, 0.2) is 59.8 Å². The fraction of sp³-hybridized carbons (Fsp3) is 0.474. The molecule has 0 N–H and O–H groups in total. The van der Waals surface area contributed by atoms with Gasteiger partial charge in [-0.25, -0.2) is 4.67 Å². The summed E-state index contributed by atoms with van der Waals surface area (Å²) in [6.07, 6.45) is 2.28. The molecule has 0 spiro atoms. The zero-order valence-corrected chi connectivity index (χ0v) is 30.3. The van der Waals surface area contributed by atoms with E-state index >= 15 is 4.57 Å². The summed E-state index contributed by atoms with van der Waals surface area (Å²) in [5, 5.41) is 1.98. The minimum atomic E-state index is -3.42. The molecule has 3 aromatic carbocycles. The van der Waals surface area contributed by atoms with E-state index in [-0.39, 0.29) is 31.0 Å². The Morgan fingerprint density at radius 1 is 0.651 bits per heavy atom. The second-order valence-corrected chi connectivity index (χ2v) is 16.3. The van der Waals surface area contributed by atoms with Crippen molar-refractivity contribution >= 4 is 31.0 Å². The first kappa shape index (κ1) is 35.1. The Hall–Kier alpha value is -2.39. The van der Waals surface area contributed by atoms with E-state index < -0.39 is 7.29 Å². The van der Waals surface area contributed by atoms with Gasteiger partial charge in [0.05, 0.1) is 0 Å². The second-order valence-electron chi connectivity index (χ2n) is 13.7. The normalized spacial score (nSPS) is 14.1. The van der Waals surface area contributed by atoms with E-state index in [1.807, 2.05) is 0 Å². The van der Waals surface area contributed by atoms with Gasteiger partial charge in [0.1, 0.15) is 0 Å². The lowest BCUT2D eigenvalue weighted by molar-refractivity contribution is 0.302. The molecule has 1 atom stereocenters. The largest absolute Gasteiger partial charge is 0.329 e. The van der Waals surface area contributed by atoms with Crippen LogP contribution in [0.25, 0.3) is 6.08 Å². The fourth-order valence-corrected chi connectivity index (χ4v) is 11.7. The van der Waals surface area contributed by atoms with Crippen molar-refractivity contribution in [2.75, 3.05) is 0 Å². The van der Waals surface area contributed by atoms with E-state index in [9.17, 15) is 0 Å². The molecule has 232 valence electrons. The molecule has 0 fully saturated rings. The van der Waals surface area contributed by atoms with Crippen LogP contribution in [-0.2, 0) is 4.57 Å². The predicted octanol–water partition coefficient (Wildman–Crippen LogP) is 9.16. The smallest absolute Gasteiger partial charge is 0.298 e. The molecule has 0 amide bonds. The first-order chi connectivity index (χ1) is 20.0. The Labute approximate surface area is 264 Å². The Morgan fingerprint density at radius 2 is 1.07 bits per heavy atom. The van der Waals surface area contributed by atoms with E-state index in [0.29, 0.717) is 0 Å². The maximum absolute atomic E-state index is 16.9. The topological polar surface area (TPSA) is 23.6 Å². The molecule has 0 bridgehead atoms. The minimum absolute atomic E-state index is 0.0671. The van der Waals surface area contributed by atoms with Gasteiger partial charge in [0, 0.05) is 17.4 Å². The standard InChI is InChI=1S/C38H56BN2OP/c1-25(2)40(26(3)4)39(37-31(11)20-29(9)21-32(37)12)36(24-35-18-16-15-17-19-35)43(42,41(27(5)6)28(7)8)38-33(13)22-30(10)23-34(38)14/h15-28H,1-14H3/b36-24-. The van der Waals surface area contributed by atoms with Crippen LogP contribution in [-0.4, -0.2) is 40.5 Å². The highest BCUT2D eigenvalue weighted by molar-refractivity contribution is 7.76. The fourth-order valence-electron chi connectivity index (χ4n) is 7.59. The van der Waals surface area contributed by atoms with Gasteiger partial charge in [-0.15, -0.1) is 0 Å². The highest BCUT2D eigenvalue weighted by Gasteiger charge is 2.49. The van der Waals surface area contributed by atoms with Crippen LogP contribution in [0, 0.1) is 41.5 Å². The summed E-state index contributed by atoms with van der Waals surface area (Å²) in [5.41, 5.74) is 9.50. The van der Waals surface area contributed by atoms with Gasteiger partial charge in [-0.1, -0.05) is 116 Å². The minimum Gasteiger partial charge on any atom is -0.329 e. The van der Waals surface area contributed by atoms with Gasteiger partial charge in [0.25, 0.3) is 6.85 Å². The summed E-state index contributed by atoms with van der Waals surface area (Å²) < 4.78 is 19.3. The number of rotatable bonds is 11. The van der Waals surface area contributed by atoms with Crippen LogP contribution in [0.3, 0.4) is 0 Å². The van der Waals surface area contributed by atoms with Gasteiger partial charge < -0.3 is 4.81 Å². The third-order valence-electron chi connectivity index (χ3n) is 8.57. The lowest BCUT2D eigenvalue weighted by atomic mass is 9.50. The highest BCUT2D eigenvalue weighted by Crippen LogP contribution is 2.61. The van der Waals surface area contributed by atoms with Crippen LogP contribution in [0.4, 0.5) is 0 Å². The van der Waals surface area contributed by atoms with E-state index in [0.717, 1.165) is 27.2 Å². The van der Waals surface area contributed by atoms with Gasteiger partial charge in [-0.3, -0.25) is 4.57 Å². The number of hydrogen-bond donors (Lipinski definition) is 0. The SMILES string of the molecule is Cc1cc(C)c(B(/C(=C/c2ccccc2)P(=O)(c2c(C)cc(C)cc2C)N(C(C)C)C(C)C)N(C(C)C)C(C)C)c(C)c1. The average molecular weight is 599 g/mol. The van der Waals surface area contributed by atoms with Crippen LogP contribution in [0.2, 0.25) is 0 Å². The molecule has 3 nitrogen and oxygen atoms in total. The van der Waals surface area contributed by atoms with Crippen molar-refractivity contribution in [1.29, 1.82) is 0 Å². The van der Waals surface area contributed by atoms with Crippen LogP contribution in [0.5, 0.6) is 0 Å². The van der Waals surface area contributed by atoms with Crippen LogP contribution in [0.1, 0.15) is 94.3 Å². The number of nitrogens with zero attached hydrogens (tertiary/aromatic N) is 2. The number of hydrogen-bond acceptors (Lipinski definition) is 2. The Morgan fingerprint density at radius 3 is 1.47 bits per heavy atom. The lowest BCUT2D eigenvalue weighted by Gasteiger charge is -2.46. The van der Waals surface area contributed by atoms with Crippen LogP contribution < -0.4 is 10.8 Å². The summed E-state index contributed by atoms with van der Waals surface area (Å²) >= 11 is 0. The highest BCUT2D eigenvalue weighted by atomic mass is 31.2. The average Bonchev–Trinajstić information content (AvgIpc) is 2.85. The zero-order valence-electron chi connectivity index (χ0n) is 29.4. The first-order valence-electron chi connectivity index (χ1n) is 16.1. The third kappa shape index (κ3) is 7.30. The van der Waals surface area contributed by atoms with E-state index in [1.165, 1.54) is 27.7 Å². The first-order valence-corrected chi connectivity index (χ1v) is 17.8. The van der Waals surface area contributed by atoms with Crippen LogP contribution >= 0.6 is 7.29 Å². The summed E-state index contributed by atoms with van der Waals surface area (Å²) in [7, 11) is -3.42. The molecule has 0 saturated carbocycles. The maximum Gasteiger partial charge on any atom is 0.298 e. The van der Waals surface area contributed by atoms with E-state index in [2.05, 4.69) is 167 Å². The molecule has 3 rings (SSSR count). The molecular weight excluding hydrogens is 542 g/mol. The van der Waals surface area contributed by atoms with Crippen molar-refractivity contribution < 1.29 is 4.57 Å². The Bertz CT molecular complexity index is 1430. The van der Waals surface area contributed by atoms with E-state index in [1.54, 1.807) is 0 Å². The van der Waals surface area contributed by atoms with Crippen molar-refractivity contribution in [3.05, 3.63) is 98.8 Å². The summed E-state index contributed by atoms with van der Waals surface area (Å²) in [6.45, 7) is 30.8. The Kier molecular flexibility index (Phi) is 11.5. The lowest BCUT2D eigenvalue weighted by Crippen LogP contribution is -2.58. The van der Waals surface area contributed by atoms with Gasteiger partial charge >= 0.3 is 0 Å². The van der Waals surface area contributed by atoms with Crippen molar-refractivity contribution in [2.24, 2.45) is 0 Å². The second kappa shape index (κ2) is 14.1. The van der Waals surface area contributed by atoms with Gasteiger partial charge in [-0.2, -0.15) is 0 Å². The van der Waals surface area contributed by atoms with Crippen molar-refractivity contribution in [3.63, 3.8) is 0 Å². The number of benzene rings is 3. The molecule has 5 heteroatoms. The molecule has 3 aromatic rings. The van der Waals surface area contributed by atoms with Crippen molar-refractivity contribution in [2.45, 2.75) is 121 Å². The summed E-state index contributed by atoms with van der Waals surface area (Å²) in [6, 6.07) is 20.1. The van der Waals surface area contributed by atoms with E-state index in [4.69, 9.17) is 0 Å². The predicted molar refractivity (Wildman–Crippen MR) is 193 cm³/mol. The van der Waals surface area contributed by atoms with Gasteiger partial charge in [0.15, 0.2) is 7.29 Å². The molecule has 1 unspecified atom stereocenters. The van der Waals surface area contributed by atoms with Crippen molar-refractivity contribution in [3.8, 4) is 0 Å². The molecule has 0 radical (unpaired) electrons. The quantitative estimate of drug-likeness (QED) is 0.162. The Balaban J connectivity index is 2.70.